The normalized spacial score (nSPS) is 19.0. The van der Waals surface area contributed by atoms with Gasteiger partial charge in [0.15, 0.2) is 0 Å². The maximum Gasteiger partial charge on any atom is 0.256 e. The first kappa shape index (κ1) is 18.0. The highest BCUT2D eigenvalue weighted by molar-refractivity contribution is 6.10. The molecule has 0 radical (unpaired) electrons. The summed E-state index contributed by atoms with van der Waals surface area (Å²) >= 11 is 0. The second kappa shape index (κ2) is 7.78. The summed E-state index contributed by atoms with van der Waals surface area (Å²) in [5.74, 6) is -0.114. The van der Waals surface area contributed by atoms with Gasteiger partial charge in [0.2, 0.25) is 5.91 Å². The fraction of sp³-hybridized carbons (Fsp3) is 0.444. The molecule has 4 nitrogen and oxygen atoms in total. The zero-order valence-corrected chi connectivity index (χ0v) is 14.4. The molecule has 3 rings (SSSR count). The first-order valence-electron chi connectivity index (χ1n) is 7.99. The van der Waals surface area contributed by atoms with Crippen LogP contribution in [-0.4, -0.2) is 30.3 Å². The molecule has 1 unspecified atom stereocenters. The number of anilines is 1. The van der Waals surface area contributed by atoms with Crippen molar-refractivity contribution in [3.8, 4) is 0 Å². The Balaban J connectivity index is 0.000000561. The molecule has 2 aliphatic rings. The summed E-state index contributed by atoms with van der Waals surface area (Å²) in [4.78, 5) is 27.8. The van der Waals surface area contributed by atoms with Gasteiger partial charge in [-0.25, -0.2) is 0 Å². The van der Waals surface area contributed by atoms with Crippen LogP contribution < -0.4 is 4.90 Å². The molecule has 0 saturated heterocycles. The van der Waals surface area contributed by atoms with E-state index in [9.17, 15) is 9.59 Å². The number of carbonyl (C=O) groups is 2. The van der Waals surface area contributed by atoms with Crippen molar-refractivity contribution in [1.82, 2.24) is 4.90 Å². The molecule has 0 fully saturated rings. The predicted molar refractivity (Wildman–Crippen MR) is 90.8 cm³/mol. The number of hydrogen-bond donors (Lipinski definition) is 0. The van der Waals surface area contributed by atoms with Crippen LogP contribution in [0.3, 0.4) is 0 Å². The van der Waals surface area contributed by atoms with E-state index in [1.165, 1.54) is 0 Å². The highest BCUT2D eigenvalue weighted by Crippen LogP contribution is 2.34. The molecule has 0 saturated carbocycles. The summed E-state index contributed by atoms with van der Waals surface area (Å²) in [6, 6.07) is 7.28. The summed E-state index contributed by atoms with van der Waals surface area (Å²) in [7, 11) is 1.76. The number of carbonyl (C=O) groups excluding carboxylic acids is 2. The van der Waals surface area contributed by atoms with E-state index in [-0.39, 0.29) is 17.7 Å². The third-order valence-corrected chi connectivity index (χ3v) is 3.46. The Morgan fingerprint density at radius 2 is 1.64 bits per heavy atom. The van der Waals surface area contributed by atoms with Crippen molar-refractivity contribution >= 4 is 17.5 Å². The van der Waals surface area contributed by atoms with Crippen LogP contribution in [0.2, 0.25) is 0 Å². The first-order chi connectivity index (χ1) is 10.6. The quantitative estimate of drug-likeness (QED) is 0.733. The molecular weight excluding hydrogens is 276 g/mol. The third kappa shape index (κ3) is 3.06. The first-order valence-corrected chi connectivity index (χ1v) is 7.99. The van der Waals surface area contributed by atoms with Crippen LogP contribution in [0.1, 0.15) is 45.0 Å². The van der Waals surface area contributed by atoms with Gasteiger partial charge in [0.05, 0.1) is 23.7 Å². The van der Waals surface area contributed by atoms with Crippen molar-refractivity contribution in [3.63, 3.8) is 0 Å². The van der Waals surface area contributed by atoms with E-state index >= 15 is 0 Å². The second-order valence-electron chi connectivity index (χ2n) is 4.80. The van der Waals surface area contributed by atoms with E-state index in [2.05, 4.69) is 0 Å². The molecule has 2 amide bonds. The van der Waals surface area contributed by atoms with Crippen LogP contribution in [0.5, 0.6) is 0 Å². The Bertz CT molecular complexity index is 578. The Labute approximate surface area is 133 Å². The standard InChI is InChI=1S/C14H14N2O2.2C2H6/c1-9-7-10-8-15(2)14(18)11-5-3-4-6-12(11)16(10)13(9)17;2*1-2/h3-7,9H,8H2,1-2H3;2*1-2H3. The van der Waals surface area contributed by atoms with Gasteiger partial charge in [0.1, 0.15) is 0 Å². The lowest BCUT2D eigenvalue weighted by Crippen LogP contribution is -2.30. The molecule has 0 aliphatic carbocycles. The zero-order chi connectivity index (χ0) is 16.9. The Hall–Kier alpha value is -2.10. The molecule has 0 N–H and O–H groups in total. The van der Waals surface area contributed by atoms with Gasteiger partial charge in [-0.3, -0.25) is 14.5 Å². The number of amides is 2. The lowest BCUT2D eigenvalue weighted by atomic mass is 10.1. The van der Waals surface area contributed by atoms with Crippen molar-refractivity contribution < 1.29 is 9.59 Å². The molecule has 0 bridgehead atoms. The van der Waals surface area contributed by atoms with E-state index in [4.69, 9.17) is 0 Å². The molecular formula is C18H26N2O2. The average Bonchev–Trinajstić information content (AvgIpc) is 2.78. The minimum Gasteiger partial charge on any atom is -0.336 e. The van der Waals surface area contributed by atoms with E-state index < -0.39 is 0 Å². The highest BCUT2D eigenvalue weighted by atomic mass is 16.2. The zero-order valence-electron chi connectivity index (χ0n) is 14.4. The SMILES string of the molecule is CC.CC.CC1C=C2CN(C)C(=O)c3ccccc3N2C1=O. The number of nitrogens with zero attached hydrogens (tertiary/aromatic N) is 2. The summed E-state index contributed by atoms with van der Waals surface area (Å²) in [5.41, 5.74) is 2.19. The summed E-state index contributed by atoms with van der Waals surface area (Å²) in [5, 5.41) is 0. The van der Waals surface area contributed by atoms with Crippen LogP contribution in [-0.2, 0) is 4.79 Å². The summed E-state index contributed by atoms with van der Waals surface area (Å²) in [6.07, 6.45) is 1.94. The van der Waals surface area contributed by atoms with Crippen LogP contribution in [0.15, 0.2) is 36.0 Å². The lowest BCUT2D eigenvalue weighted by molar-refractivity contribution is -0.119. The van der Waals surface area contributed by atoms with Gasteiger partial charge in [-0.2, -0.15) is 0 Å². The lowest BCUT2D eigenvalue weighted by Gasteiger charge is -2.20. The van der Waals surface area contributed by atoms with Crippen molar-refractivity contribution in [3.05, 3.63) is 41.6 Å². The third-order valence-electron chi connectivity index (χ3n) is 3.46. The fourth-order valence-corrected chi connectivity index (χ4v) is 2.55. The van der Waals surface area contributed by atoms with E-state index in [1.54, 1.807) is 22.9 Å². The maximum absolute atomic E-state index is 12.2. The highest BCUT2D eigenvalue weighted by Gasteiger charge is 2.36. The van der Waals surface area contributed by atoms with Crippen molar-refractivity contribution in [2.75, 3.05) is 18.5 Å². The molecule has 1 aromatic rings. The molecule has 1 aromatic carbocycles. The monoisotopic (exact) mass is 302 g/mol. The van der Waals surface area contributed by atoms with Crippen LogP contribution in [0.25, 0.3) is 0 Å². The van der Waals surface area contributed by atoms with E-state index in [0.29, 0.717) is 17.8 Å². The van der Waals surface area contributed by atoms with E-state index in [0.717, 1.165) is 5.70 Å². The fourth-order valence-electron chi connectivity index (χ4n) is 2.55. The van der Waals surface area contributed by atoms with Crippen molar-refractivity contribution in [1.29, 1.82) is 0 Å². The minimum atomic E-state index is -0.116. The molecule has 0 spiro atoms. The molecule has 2 heterocycles. The van der Waals surface area contributed by atoms with Gasteiger partial charge < -0.3 is 4.90 Å². The van der Waals surface area contributed by atoms with E-state index in [1.807, 2.05) is 58.9 Å². The number of likely N-dealkylation sites (N-methyl/N-ethyl adjacent to an activating group) is 1. The molecule has 4 heteroatoms. The topological polar surface area (TPSA) is 40.6 Å². The summed E-state index contributed by atoms with van der Waals surface area (Å²) in [6.45, 7) is 10.4. The van der Waals surface area contributed by atoms with Gasteiger partial charge >= 0.3 is 0 Å². The number of benzene rings is 1. The van der Waals surface area contributed by atoms with Crippen LogP contribution in [0, 0.1) is 5.92 Å². The maximum atomic E-state index is 12.2. The van der Waals surface area contributed by atoms with Gasteiger partial charge in [-0.15, -0.1) is 0 Å². The number of fused-ring (bicyclic) bond motifs is 3. The van der Waals surface area contributed by atoms with Gasteiger partial charge in [-0.1, -0.05) is 45.9 Å². The number of hydrogen-bond acceptors (Lipinski definition) is 2. The number of para-hydroxylation sites is 1. The van der Waals surface area contributed by atoms with Crippen molar-refractivity contribution in [2.24, 2.45) is 5.92 Å². The second-order valence-corrected chi connectivity index (χ2v) is 4.80. The van der Waals surface area contributed by atoms with Gasteiger partial charge in [0.25, 0.3) is 5.91 Å². The molecule has 1 atom stereocenters. The smallest absolute Gasteiger partial charge is 0.256 e. The Morgan fingerprint density at radius 3 is 2.27 bits per heavy atom. The number of rotatable bonds is 0. The van der Waals surface area contributed by atoms with Crippen LogP contribution in [0.4, 0.5) is 5.69 Å². The molecule has 0 aromatic heterocycles. The molecule has 120 valence electrons. The van der Waals surface area contributed by atoms with Crippen molar-refractivity contribution in [2.45, 2.75) is 34.6 Å². The molecule has 2 aliphatic heterocycles. The Kier molecular flexibility index (Phi) is 6.35. The van der Waals surface area contributed by atoms with Gasteiger partial charge in [0, 0.05) is 12.7 Å². The Morgan fingerprint density at radius 1 is 1.05 bits per heavy atom. The van der Waals surface area contributed by atoms with Gasteiger partial charge in [-0.05, 0) is 19.1 Å². The summed E-state index contributed by atoms with van der Waals surface area (Å²) < 4.78 is 0. The minimum absolute atomic E-state index is 0.0404. The van der Waals surface area contributed by atoms with Crippen LogP contribution >= 0.6 is 0 Å². The average molecular weight is 302 g/mol. The predicted octanol–water partition coefficient (Wildman–Crippen LogP) is 3.69. The molecule has 22 heavy (non-hydrogen) atoms. The largest absolute Gasteiger partial charge is 0.336 e.